The predicted molar refractivity (Wildman–Crippen MR) is 50.2 cm³/mol. The molecule has 4 heteroatoms. The van der Waals surface area contributed by atoms with E-state index in [1.54, 1.807) is 24.3 Å². The van der Waals surface area contributed by atoms with E-state index in [2.05, 4.69) is 5.32 Å². The third kappa shape index (κ3) is 2.43. The maximum atomic E-state index is 10.8. The molecule has 12 heavy (non-hydrogen) atoms. The lowest BCUT2D eigenvalue weighted by Gasteiger charge is -2.01. The number of nitrogen functional groups attached to an aromatic ring is 1. The van der Waals surface area contributed by atoms with Crippen molar-refractivity contribution in [1.82, 2.24) is 0 Å². The van der Waals surface area contributed by atoms with E-state index in [1.807, 2.05) is 0 Å². The van der Waals surface area contributed by atoms with Gasteiger partial charge in [-0.05, 0) is 24.3 Å². The molecular formula is C8H9ClN2O. The van der Waals surface area contributed by atoms with E-state index in [-0.39, 0.29) is 11.8 Å². The van der Waals surface area contributed by atoms with Gasteiger partial charge < -0.3 is 11.1 Å². The summed E-state index contributed by atoms with van der Waals surface area (Å²) < 4.78 is 0. The van der Waals surface area contributed by atoms with Gasteiger partial charge in [0.05, 0.1) is 0 Å². The number of hydrogen-bond donors (Lipinski definition) is 2. The van der Waals surface area contributed by atoms with E-state index < -0.39 is 0 Å². The zero-order valence-electron chi connectivity index (χ0n) is 6.38. The Morgan fingerprint density at radius 3 is 2.50 bits per heavy atom. The van der Waals surface area contributed by atoms with Gasteiger partial charge in [-0.2, -0.15) is 0 Å². The zero-order chi connectivity index (χ0) is 8.97. The molecule has 0 aliphatic rings. The molecule has 1 rings (SSSR count). The molecule has 3 N–H and O–H groups in total. The van der Waals surface area contributed by atoms with Gasteiger partial charge in [0.15, 0.2) is 0 Å². The summed E-state index contributed by atoms with van der Waals surface area (Å²) in [5.74, 6) is -0.258. The predicted octanol–water partition coefficient (Wildman–Crippen LogP) is 1.45. The number of carbonyl (C=O) groups is 1. The van der Waals surface area contributed by atoms with Gasteiger partial charge in [-0.3, -0.25) is 4.79 Å². The summed E-state index contributed by atoms with van der Waals surface area (Å²) in [7, 11) is 0. The number of benzene rings is 1. The molecule has 0 aliphatic heterocycles. The maximum Gasteiger partial charge on any atom is 0.239 e. The Kier molecular flexibility index (Phi) is 2.94. The first-order chi connectivity index (χ1) is 5.72. The first-order valence-corrected chi connectivity index (χ1v) is 3.97. The lowest BCUT2D eigenvalue weighted by molar-refractivity contribution is -0.113. The topological polar surface area (TPSA) is 55.1 Å². The van der Waals surface area contributed by atoms with Gasteiger partial charge in [-0.1, -0.05) is 0 Å². The summed E-state index contributed by atoms with van der Waals surface area (Å²) in [6.07, 6.45) is 0. The van der Waals surface area contributed by atoms with Crippen molar-refractivity contribution < 1.29 is 4.79 Å². The van der Waals surface area contributed by atoms with Crippen molar-refractivity contribution in [1.29, 1.82) is 0 Å². The molecule has 0 aromatic heterocycles. The second-order valence-electron chi connectivity index (χ2n) is 2.30. The highest BCUT2D eigenvalue weighted by molar-refractivity contribution is 6.29. The van der Waals surface area contributed by atoms with Gasteiger partial charge in [0.25, 0.3) is 0 Å². The maximum absolute atomic E-state index is 10.8. The van der Waals surface area contributed by atoms with E-state index in [0.29, 0.717) is 11.4 Å². The van der Waals surface area contributed by atoms with Crippen molar-refractivity contribution in [3.8, 4) is 0 Å². The van der Waals surface area contributed by atoms with Crippen LogP contribution >= 0.6 is 11.6 Å². The Balaban J connectivity index is 2.64. The lowest BCUT2D eigenvalue weighted by Crippen LogP contribution is -2.12. The van der Waals surface area contributed by atoms with E-state index in [0.717, 1.165) is 0 Å². The minimum atomic E-state index is -0.221. The largest absolute Gasteiger partial charge is 0.399 e. The zero-order valence-corrected chi connectivity index (χ0v) is 7.14. The van der Waals surface area contributed by atoms with Crippen LogP contribution < -0.4 is 11.1 Å². The number of amides is 1. The highest BCUT2D eigenvalue weighted by Gasteiger charge is 1.97. The number of halogens is 1. The lowest BCUT2D eigenvalue weighted by atomic mass is 10.3. The summed E-state index contributed by atoms with van der Waals surface area (Å²) in [6, 6.07) is 6.87. The summed E-state index contributed by atoms with van der Waals surface area (Å²) in [5, 5.41) is 2.59. The molecule has 0 unspecified atom stereocenters. The number of alkyl halides is 1. The molecule has 1 aromatic rings. The summed E-state index contributed by atoms with van der Waals surface area (Å²) in [5.41, 5.74) is 6.82. The van der Waals surface area contributed by atoms with Gasteiger partial charge >= 0.3 is 0 Å². The molecule has 64 valence electrons. The van der Waals surface area contributed by atoms with Crippen LogP contribution in [0.4, 0.5) is 11.4 Å². The SMILES string of the molecule is Nc1ccc(NC(=O)CCl)cc1. The van der Waals surface area contributed by atoms with Crippen LogP contribution in [0, 0.1) is 0 Å². The monoisotopic (exact) mass is 184 g/mol. The number of nitrogens with one attached hydrogen (secondary N) is 1. The average molecular weight is 185 g/mol. The number of rotatable bonds is 2. The third-order valence-corrected chi connectivity index (χ3v) is 1.56. The molecule has 0 aliphatic carbocycles. The minimum absolute atomic E-state index is 0.0373. The third-order valence-electron chi connectivity index (χ3n) is 1.32. The molecule has 0 spiro atoms. The highest BCUT2D eigenvalue weighted by atomic mass is 35.5. The fourth-order valence-electron chi connectivity index (χ4n) is 0.761. The van der Waals surface area contributed by atoms with Crippen molar-refractivity contribution in [3.63, 3.8) is 0 Å². The van der Waals surface area contributed by atoms with E-state index >= 15 is 0 Å². The molecule has 0 atom stereocenters. The van der Waals surface area contributed by atoms with E-state index in [9.17, 15) is 4.79 Å². The number of hydrogen-bond acceptors (Lipinski definition) is 2. The van der Waals surface area contributed by atoms with E-state index in [4.69, 9.17) is 17.3 Å². The van der Waals surface area contributed by atoms with Crippen LogP contribution in [0.3, 0.4) is 0 Å². The van der Waals surface area contributed by atoms with Gasteiger partial charge in [-0.25, -0.2) is 0 Å². The first-order valence-electron chi connectivity index (χ1n) is 3.43. The summed E-state index contributed by atoms with van der Waals surface area (Å²) >= 11 is 5.30. The average Bonchev–Trinajstić information content (AvgIpc) is 2.09. The summed E-state index contributed by atoms with van der Waals surface area (Å²) in [6.45, 7) is 0. The molecule has 0 saturated heterocycles. The van der Waals surface area contributed by atoms with Gasteiger partial charge in [0.2, 0.25) is 5.91 Å². The second-order valence-corrected chi connectivity index (χ2v) is 2.57. The normalized spacial score (nSPS) is 9.42. The molecule has 1 aromatic carbocycles. The quantitative estimate of drug-likeness (QED) is 0.540. The van der Waals surface area contributed by atoms with Crippen molar-refractivity contribution in [2.45, 2.75) is 0 Å². The second kappa shape index (κ2) is 3.97. The van der Waals surface area contributed by atoms with Crippen LogP contribution in [0.2, 0.25) is 0 Å². The molecular weight excluding hydrogens is 176 g/mol. The van der Waals surface area contributed by atoms with Crippen molar-refractivity contribution in [2.24, 2.45) is 0 Å². The van der Waals surface area contributed by atoms with E-state index in [1.165, 1.54) is 0 Å². The molecule has 1 amide bonds. The minimum Gasteiger partial charge on any atom is -0.399 e. The van der Waals surface area contributed by atoms with Crippen molar-refractivity contribution in [3.05, 3.63) is 24.3 Å². The van der Waals surface area contributed by atoms with Crippen LogP contribution in [0.1, 0.15) is 0 Å². The smallest absolute Gasteiger partial charge is 0.239 e. The van der Waals surface area contributed by atoms with Crippen molar-refractivity contribution in [2.75, 3.05) is 16.9 Å². The first kappa shape index (κ1) is 8.87. The van der Waals surface area contributed by atoms with Gasteiger partial charge in [0, 0.05) is 11.4 Å². The fraction of sp³-hybridized carbons (Fsp3) is 0.125. The molecule has 0 saturated carbocycles. The molecule has 3 nitrogen and oxygen atoms in total. The Bertz CT molecular complexity index is 271. The van der Waals surface area contributed by atoms with Crippen LogP contribution in [-0.2, 0) is 4.79 Å². The number of anilines is 2. The van der Waals surface area contributed by atoms with Crippen LogP contribution in [0.5, 0.6) is 0 Å². The molecule has 0 bridgehead atoms. The Labute approximate surface area is 75.5 Å². The Morgan fingerprint density at radius 2 is 2.00 bits per heavy atom. The molecule has 0 fully saturated rings. The summed E-state index contributed by atoms with van der Waals surface area (Å²) in [4.78, 5) is 10.8. The highest BCUT2D eigenvalue weighted by Crippen LogP contribution is 2.09. The molecule has 0 heterocycles. The molecule has 0 radical (unpaired) electrons. The Hall–Kier alpha value is -1.22. The van der Waals surface area contributed by atoms with Crippen LogP contribution in [0.25, 0.3) is 0 Å². The van der Waals surface area contributed by atoms with Gasteiger partial charge in [-0.15, -0.1) is 11.6 Å². The van der Waals surface area contributed by atoms with Crippen LogP contribution in [0.15, 0.2) is 24.3 Å². The van der Waals surface area contributed by atoms with Crippen LogP contribution in [-0.4, -0.2) is 11.8 Å². The fourth-order valence-corrected chi connectivity index (χ4v) is 0.828. The Morgan fingerprint density at radius 1 is 1.42 bits per heavy atom. The number of carbonyl (C=O) groups excluding carboxylic acids is 1. The standard InChI is InChI=1S/C8H9ClN2O/c9-5-8(12)11-7-3-1-6(10)2-4-7/h1-4H,5,10H2,(H,11,12). The van der Waals surface area contributed by atoms with Gasteiger partial charge in [0.1, 0.15) is 5.88 Å². The number of nitrogens with two attached hydrogens (primary N) is 1. The van der Waals surface area contributed by atoms with Crippen molar-refractivity contribution >= 4 is 28.9 Å².